The number of benzene rings is 1. The topological polar surface area (TPSA) is 171 Å². The number of halogens is 1. The van der Waals surface area contributed by atoms with E-state index in [4.69, 9.17) is 15.0 Å². The Bertz CT molecular complexity index is 1240. The minimum absolute atomic E-state index is 0.0206. The Morgan fingerprint density at radius 3 is 2.37 bits per heavy atom. The van der Waals surface area contributed by atoms with Gasteiger partial charge in [0.05, 0.1) is 12.6 Å². The van der Waals surface area contributed by atoms with Gasteiger partial charge < -0.3 is 25.6 Å². The van der Waals surface area contributed by atoms with Crippen molar-refractivity contribution >= 4 is 29.5 Å². The largest absolute Gasteiger partial charge is 0.463 e. The van der Waals surface area contributed by atoms with Crippen LogP contribution in [-0.2, 0) is 30.3 Å². The Labute approximate surface area is 238 Å². The number of aromatic nitrogens is 1. The lowest BCUT2D eigenvalue weighted by atomic mass is 9.88. The summed E-state index contributed by atoms with van der Waals surface area (Å²) in [7, 11) is 0. The summed E-state index contributed by atoms with van der Waals surface area (Å²) >= 11 is 0. The average molecular weight is 573 g/mol. The van der Waals surface area contributed by atoms with Crippen molar-refractivity contribution in [3.8, 4) is 0 Å². The molecule has 1 aromatic carbocycles. The van der Waals surface area contributed by atoms with E-state index in [1.165, 1.54) is 36.4 Å². The van der Waals surface area contributed by atoms with Gasteiger partial charge in [-0.25, -0.2) is 9.18 Å². The van der Waals surface area contributed by atoms with Crippen LogP contribution in [0.1, 0.15) is 61.8 Å². The van der Waals surface area contributed by atoms with Gasteiger partial charge in [-0.3, -0.25) is 19.2 Å². The Morgan fingerprint density at radius 2 is 1.80 bits per heavy atom. The van der Waals surface area contributed by atoms with E-state index in [1.54, 1.807) is 27.7 Å². The summed E-state index contributed by atoms with van der Waals surface area (Å²) in [5.41, 5.74) is 5.90. The molecular formula is C29H37FN4O7. The van der Waals surface area contributed by atoms with Crippen LogP contribution in [0, 0.1) is 24.6 Å². The number of ketones is 1. The Kier molecular flexibility index (Phi) is 12.9. The van der Waals surface area contributed by atoms with Gasteiger partial charge in [0.25, 0.3) is 5.91 Å². The molecule has 2 aromatic rings. The molecule has 0 unspecified atom stereocenters. The molecule has 41 heavy (non-hydrogen) atoms. The van der Waals surface area contributed by atoms with Crippen LogP contribution in [0.15, 0.2) is 47.0 Å². The molecule has 3 amide bonds. The molecule has 0 saturated heterocycles. The van der Waals surface area contributed by atoms with Gasteiger partial charge >= 0.3 is 5.97 Å². The lowest BCUT2D eigenvalue weighted by Crippen LogP contribution is -2.47. The quantitative estimate of drug-likeness (QED) is 0.203. The van der Waals surface area contributed by atoms with Gasteiger partial charge in [-0.1, -0.05) is 37.2 Å². The summed E-state index contributed by atoms with van der Waals surface area (Å²) in [6.45, 7) is 6.95. The zero-order valence-electron chi connectivity index (χ0n) is 23.6. The SMILES string of the molecule is CCOC(=O)/C=C/[C@H](CCC(N)=O)NC(=O)[C@@H](CC(=O)[C@@H](NC(=O)c1cc(C)on1)C(C)C)Cc1ccc(F)cc1. The molecule has 222 valence electrons. The van der Waals surface area contributed by atoms with Crippen LogP contribution in [0.5, 0.6) is 0 Å². The third-order valence-electron chi connectivity index (χ3n) is 6.16. The summed E-state index contributed by atoms with van der Waals surface area (Å²) in [4.78, 5) is 62.9. The first kappa shape index (κ1) is 32.9. The van der Waals surface area contributed by atoms with Crippen LogP contribution in [0.25, 0.3) is 0 Å². The van der Waals surface area contributed by atoms with Crippen molar-refractivity contribution in [1.29, 1.82) is 0 Å². The van der Waals surface area contributed by atoms with Gasteiger partial charge in [0, 0.05) is 36.9 Å². The number of ether oxygens (including phenoxy) is 1. The van der Waals surface area contributed by atoms with E-state index in [0.717, 1.165) is 6.08 Å². The van der Waals surface area contributed by atoms with Crippen molar-refractivity contribution < 1.29 is 37.6 Å². The maximum atomic E-state index is 13.5. The second-order valence-corrected chi connectivity index (χ2v) is 9.95. The fourth-order valence-corrected chi connectivity index (χ4v) is 4.04. The van der Waals surface area contributed by atoms with Gasteiger partial charge in [0.2, 0.25) is 11.8 Å². The first-order valence-corrected chi connectivity index (χ1v) is 13.3. The Hall–Kier alpha value is -4.35. The summed E-state index contributed by atoms with van der Waals surface area (Å²) in [5, 5.41) is 9.12. The third-order valence-corrected chi connectivity index (χ3v) is 6.16. The third kappa shape index (κ3) is 11.3. The molecule has 3 atom stereocenters. The summed E-state index contributed by atoms with van der Waals surface area (Å²) in [6.07, 6.45) is 2.41. The minimum Gasteiger partial charge on any atom is -0.463 e. The van der Waals surface area contributed by atoms with Gasteiger partial charge in [-0.15, -0.1) is 0 Å². The molecular weight excluding hydrogens is 535 g/mol. The average Bonchev–Trinajstić information content (AvgIpc) is 3.35. The number of Topliss-reactive ketones (excluding diaryl/α,β-unsaturated/α-hetero) is 1. The van der Waals surface area contributed by atoms with Gasteiger partial charge in [0.1, 0.15) is 11.6 Å². The molecule has 1 heterocycles. The number of carbonyl (C=O) groups is 5. The molecule has 0 aliphatic carbocycles. The van der Waals surface area contributed by atoms with E-state index >= 15 is 0 Å². The van der Waals surface area contributed by atoms with E-state index in [9.17, 15) is 28.4 Å². The number of esters is 1. The monoisotopic (exact) mass is 572 g/mol. The highest BCUT2D eigenvalue weighted by Crippen LogP contribution is 2.18. The lowest BCUT2D eigenvalue weighted by Gasteiger charge is -2.25. The zero-order chi connectivity index (χ0) is 30.5. The molecule has 0 bridgehead atoms. The van der Waals surface area contributed by atoms with Crippen LogP contribution in [0.4, 0.5) is 4.39 Å². The lowest BCUT2D eigenvalue weighted by molar-refractivity contribution is -0.137. The number of aryl methyl sites for hydroxylation is 1. The van der Waals surface area contributed by atoms with Gasteiger partial charge in [-0.05, 0) is 50.3 Å². The van der Waals surface area contributed by atoms with Gasteiger partial charge in [0.15, 0.2) is 11.5 Å². The standard InChI is InChI=1S/C29H37FN4O7/c1-5-40-26(37)13-11-22(10-12-25(31)36)32-28(38)20(15-19-6-8-21(30)9-7-19)16-24(35)27(17(2)3)33-29(39)23-14-18(4)41-34-23/h6-9,11,13-14,17,20,22,27H,5,10,12,15-16H2,1-4H3,(H2,31,36)(H,32,38)(H,33,39)/b13-11+/t20-,22+,27+/m1/s1. The molecule has 0 spiro atoms. The molecule has 0 aliphatic rings. The van der Waals surface area contributed by atoms with Crippen LogP contribution >= 0.6 is 0 Å². The highest BCUT2D eigenvalue weighted by Gasteiger charge is 2.31. The molecule has 12 heteroatoms. The van der Waals surface area contributed by atoms with Crippen molar-refractivity contribution in [2.75, 3.05) is 6.61 Å². The van der Waals surface area contributed by atoms with Crippen molar-refractivity contribution in [3.05, 3.63) is 65.3 Å². The Balaban J connectivity index is 2.28. The number of primary amides is 1. The highest BCUT2D eigenvalue weighted by atomic mass is 19.1. The molecule has 0 aliphatic heterocycles. The van der Waals surface area contributed by atoms with Crippen LogP contribution in [0.3, 0.4) is 0 Å². The summed E-state index contributed by atoms with van der Waals surface area (Å²) in [5.74, 6) is -4.00. The maximum absolute atomic E-state index is 13.5. The fraction of sp³-hybridized carbons (Fsp3) is 0.448. The predicted octanol–water partition coefficient (Wildman–Crippen LogP) is 2.56. The molecule has 2 rings (SSSR count). The van der Waals surface area contributed by atoms with E-state index in [1.807, 2.05) is 0 Å². The minimum atomic E-state index is -0.933. The molecule has 1 aromatic heterocycles. The first-order chi connectivity index (χ1) is 19.4. The predicted molar refractivity (Wildman–Crippen MR) is 147 cm³/mol. The van der Waals surface area contributed by atoms with E-state index in [-0.39, 0.29) is 43.9 Å². The first-order valence-electron chi connectivity index (χ1n) is 13.3. The van der Waals surface area contributed by atoms with Crippen molar-refractivity contribution in [3.63, 3.8) is 0 Å². The zero-order valence-corrected chi connectivity index (χ0v) is 23.6. The number of nitrogens with zero attached hydrogens (tertiary/aromatic N) is 1. The number of rotatable bonds is 16. The number of amides is 3. The van der Waals surface area contributed by atoms with Crippen molar-refractivity contribution in [2.24, 2.45) is 17.6 Å². The summed E-state index contributed by atoms with van der Waals surface area (Å²) < 4.78 is 23.3. The van der Waals surface area contributed by atoms with Gasteiger partial charge in [-0.2, -0.15) is 0 Å². The number of hydrogen-bond donors (Lipinski definition) is 3. The van der Waals surface area contributed by atoms with Crippen LogP contribution in [0.2, 0.25) is 0 Å². The second-order valence-electron chi connectivity index (χ2n) is 9.95. The maximum Gasteiger partial charge on any atom is 0.330 e. The second kappa shape index (κ2) is 16.0. The van der Waals surface area contributed by atoms with Crippen molar-refractivity contribution in [2.45, 2.75) is 65.5 Å². The van der Waals surface area contributed by atoms with Crippen molar-refractivity contribution in [1.82, 2.24) is 15.8 Å². The smallest absolute Gasteiger partial charge is 0.330 e. The van der Waals surface area contributed by atoms with Crippen LogP contribution in [-0.4, -0.2) is 53.3 Å². The number of carbonyl (C=O) groups excluding carboxylic acids is 5. The fourth-order valence-electron chi connectivity index (χ4n) is 4.04. The molecule has 4 N–H and O–H groups in total. The molecule has 0 radical (unpaired) electrons. The van der Waals surface area contributed by atoms with Crippen LogP contribution < -0.4 is 16.4 Å². The molecule has 0 saturated carbocycles. The number of nitrogens with one attached hydrogen (secondary N) is 2. The summed E-state index contributed by atoms with van der Waals surface area (Å²) in [6, 6.07) is 5.28. The normalized spacial score (nSPS) is 13.4. The Morgan fingerprint density at radius 1 is 1.12 bits per heavy atom. The van der Waals surface area contributed by atoms with E-state index < -0.39 is 53.3 Å². The number of nitrogens with two attached hydrogens (primary N) is 1. The highest BCUT2D eigenvalue weighted by molar-refractivity contribution is 5.97. The molecule has 11 nitrogen and oxygen atoms in total. The number of hydrogen-bond acceptors (Lipinski definition) is 8. The molecule has 0 fully saturated rings. The van der Waals surface area contributed by atoms with E-state index in [0.29, 0.717) is 11.3 Å². The van der Waals surface area contributed by atoms with E-state index in [2.05, 4.69) is 15.8 Å².